The lowest BCUT2D eigenvalue weighted by Gasteiger charge is -2.11. The van der Waals surface area contributed by atoms with Crippen molar-refractivity contribution in [2.75, 3.05) is 11.9 Å². The number of hydrogen-bond donors (Lipinski definition) is 1. The minimum Gasteiger partial charge on any atom is -0.384 e. The van der Waals surface area contributed by atoms with E-state index in [1.54, 1.807) is 0 Å². The van der Waals surface area contributed by atoms with E-state index >= 15 is 0 Å². The first kappa shape index (κ1) is 18.1. The lowest BCUT2D eigenvalue weighted by molar-refractivity contribution is -0.137. The second kappa shape index (κ2) is 9.19. The Labute approximate surface area is 129 Å². The largest absolute Gasteiger partial charge is 0.416 e. The Morgan fingerprint density at radius 1 is 1.00 bits per heavy atom. The van der Waals surface area contributed by atoms with Crippen LogP contribution in [0.5, 0.6) is 0 Å². The lowest BCUT2D eigenvalue weighted by atomic mass is 10.1. The number of rotatable bonds is 9. The molecule has 0 aliphatic carbocycles. The van der Waals surface area contributed by atoms with E-state index in [9.17, 15) is 13.2 Å². The molecule has 1 rings (SSSR count). The van der Waals surface area contributed by atoms with Crippen LogP contribution in [-0.4, -0.2) is 6.54 Å². The topological polar surface area (TPSA) is 12.0 Å². The molecule has 1 aromatic carbocycles. The molecule has 0 spiro atoms. The van der Waals surface area contributed by atoms with E-state index in [4.69, 9.17) is 11.6 Å². The molecule has 120 valence electrons. The fraction of sp³-hybridized carbons (Fsp3) is 0.625. The van der Waals surface area contributed by atoms with E-state index in [1.807, 2.05) is 0 Å². The summed E-state index contributed by atoms with van der Waals surface area (Å²) in [6.07, 6.45) is 4.08. The molecule has 21 heavy (non-hydrogen) atoms. The van der Waals surface area contributed by atoms with Gasteiger partial charge in [0.2, 0.25) is 0 Å². The predicted octanol–water partition coefficient (Wildman–Crippen LogP) is 6.52. The standard InChI is InChI=1S/C16H23ClF3N/c1-2-3-4-5-6-7-8-11-21-15-10-9-13(12-14(15)17)16(18,19)20/h9-10,12,21H,2-8,11H2,1H3. The highest BCUT2D eigenvalue weighted by Gasteiger charge is 2.30. The van der Waals surface area contributed by atoms with Crippen molar-refractivity contribution in [3.63, 3.8) is 0 Å². The summed E-state index contributed by atoms with van der Waals surface area (Å²) in [7, 11) is 0. The molecule has 0 saturated heterocycles. The minimum absolute atomic E-state index is 0.118. The van der Waals surface area contributed by atoms with Crippen LogP contribution in [0.15, 0.2) is 18.2 Å². The zero-order valence-electron chi connectivity index (χ0n) is 12.4. The van der Waals surface area contributed by atoms with Gasteiger partial charge in [-0.1, -0.05) is 57.0 Å². The van der Waals surface area contributed by atoms with Crippen molar-refractivity contribution in [2.24, 2.45) is 0 Å². The molecule has 1 nitrogen and oxygen atoms in total. The van der Waals surface area contributed by atoms with Crippen molar-refractivity contribution in [1.82, 2.24) is 0 Å². The number of benzene rings is 1. The second-order valence-electron chi connectivity index (χ2n) is 5.24. The van der Waals surface area contributed by atoms with Gasteiger partial charge in [0.1, 0.15) is 0 Å². The van der Waals surface area contributed by atoms with Crippen LogP contribution in [0.25, 0.3) is 0 Å². The average molecular weight is 322 g/mol. The number of unbranched alkanes of at least 4 members (excludes halogenated alkanes) is 6. The Kier molecular flexibility index (Phi) is 7.94. The molecule has 0 aromatic heterocycles. The molecule has 0 bridgehead atoms. The summed E-state index contributed by atoms with van der Waals surface area (Å²) in [5, 5.41) is 3.21. The van der Waals surface area contributed by atoms with Gasteiger partial charge in [-0.05, 0) is 24.6 Å². The molecular weight excluding hydrogens is 299 g/mol. The van der Waals surface area contributed by atoms with E-state index in [0.29, 0.717) is 5.69 Å². The third kappa shape index (κ3) is 7.07. The molecule has 0 saturated carbocycles. The number of anilines is 1. The molecular formula is C16H23ClF3N. The third-order valence-corrected chi connectivity index (χ3v) is 3.70. The van der Waals surface area contributed by atoms with Crippen molar-refractivity contribution >= 4 is 17.3 Å². The number of nitrogens with one attached hydrogen (secondary N) is 1. The summed E-state index contributed by atoms with van der Waals surface area (Å²) < 4.78 is 37.5. The molecule has 0 aliphatic rings. The number of hydrogen-bond acceptors (Lipinski definition) is 1. The van der Waals surface area contributed by atoms with Crippen LogP contribution in [0.1, 0.15) is 57.4 Å². The predicted molar refractivity (Wildman–Crippen MR) is 82.9 cm³/mol. The van der Waals surface area contributed by atoms with Crippen molar-refractivity contribution in [3.05, 3.63) is 28.8 Å². The maximum absolute atomic E-state index is 12.5. The molecule has 1 aromatic rings. The van der Waals surface area contributed by atoms with Gasteiger partial charge in [0.25, 0.3) is 0 Å². The average Bonchev–Trinajstić information content (AvgIpc) is 2.42. The SMILES string of the molecule is CCCCCCCCCNc1ccc(C(F)(F)F)cc1Cl. The van der Waals surface area contributed by atoms with Gasteiger partial charge >= 0.3 is 6.18 Å². The highest BCUT2D eigenvalue weighted by molar-refractivity contribution is 6.33. The quantitative estimate of drug-likeness (QED) is 0.510. The molecule has 0 amide bonds. The summed E-state index contributed by atoms with van der Waals surface area (Å²) in [5.74, 6) is 0. The zero-order chi connectivity index (χ0) is 15.7. The smallest absolute Gasteiger partial charge is 0.384 e. The van der Waals surface area contributed by atoms with E-state index in [2.05, 4.69) is 12.2 Å². The zero-order valence-corrected chi connectivity index (χ0v) is 13.2. The minimum atomic E-state index is -4.35. The van der Waals surface area contributed by atoms with Gasteiger partial charge in [-0.15, -0.1) is 0 Å². The summed E-state index contributed by atoms with van der Waals surface area (Å²) in [4.78, 5) is 0. The Bertz CT molecular complexity index is 418. The molecule has 0 fully saturated rings. The summed E-state index contributed by atoms with van der Waals surface area (Å²) in [6.45, 7) is 2.93. The molecule has 0 radical (unpaired) electrons. The summed E-state index contributed by atoms with van der Waals surface area (Å²) >= 11 is 5.87. The van der Waals surface area contributed by atoms with Gasteiger partial charge in [-0.25, -0.2) is 0 Å². The van der Waals surface area contributed by atoms with Crippen LogP contribution in [-0.2, 0) is 6.18 Å². The van der Waals surface area contributed by atoms with Crippen LogP contribution < -0.4 is 5.32 Å². The Morgan fingerprint density at radius 3 is 2.19 bits per heavy atom. The van der Waals surface area contributed by atoms with Crippen LogP contribution >= 0.6 is 11.6 Å². The lowest BCUT2D eigenvalue weighted by Crippen LogP contribution is -2.06. The highest BCUT2D eigenvalue weighted by atomic mass is 35.5. The maximum atomic E-state index is 12.5. The maximum Gasteiger partial charge on any atom is 0.416 e. The van der Waals surface area contributed by atoms with Gasteiger partial charge in [-0.3, -0.25) is 0 Å². The van der Waals surface area contributed by atoms with E-state index in [0.717, 1.165) is 31.5 Å². The Morgan fingerprint density at radius 2 is 1.62 bits per heavy atom. The molecule has 5 heteroatoms. The fourth-order valence-electron chi connectivity index (χ4n) is 2.14. The van der Waals surface area contributed by atoms with E-state index in [-0.39, 0.29) is 5.02 Å². The van der Waals surface area contributed by atoms with Gasteiger partial charge in [0.05, 0.1) is 16.3 Å². The van der Waals surface area contributed by atoms with Crippen LogP contribution in [0.3, 0.4) is 0 Å². The van der Waals surface area contributed by atoms with Gasteiger partial charge in [0.15, 0.2) is 0 Å². The number of alkyl halides is 3. The first-order chi connectivity index (χ1) is 9.95. The van der Waals surface area contributed by atoms with E-state index < -0.39 is 11.7 Å². The van der Waals surface area contributed by atoms with Crippen molar-refractivity contribution in [1.29, 1.82) is 0 Å². The monoisotopic (exact) mass is 321 g/mol. The van der Waals surface area contributed by atoms with Crippen LogP contribution in [0.4, 0.5) is 18.9 Å². The summed E-state index contributed by atoms with van der Waals surface area (Å²) in [6, 6.07) is 3.42. The van der Waals surface area contributed by atoms with Crippen LogP contribution in [0.2, 0.25) is 5.02 Å². The first-order valence-electron chi connectivity index (χ1n) is 7.55. The molecule has 1 N–H and O–H groups in total. The van der Waals surface area contributed by atoms with Crippen molar-refractivity contribution in [3.8, 4) is 0 Å². The van der Waals surface area contributed by atoms with Crippen LogP contribution in [0, 0.1) is 0 Å². The fourth-order valence-corrected chi connectivity index (χ4v) is 2.39. The molecule has 0 atom stereocenters. The summed E-state index contributed by atoms with van der Waals surface area (Å²) in [5.41, 5.74) is -0.148. The van der Waals surface area contributed by atoms with Crippen molar-refractivity contribution in [2.45, 2.75) is 58.0 Å². The Balaban J connectivity index is 2.27. The number of halogens is 4. The van der Waals surface area contributed by atoms with Gasteiger partial charge < -0.3 is 5.32 Å². The highest BCUT2D eigenvalue weighted by Crippen LogP contribution is 2.33. The van der Waals surface area contributed by atoms with Gasteiger partial charge in [-0.2, -0.15) is 13.2 Å². The molecule has 0 heterocycles. The third-order valence-electron chi connectivity index (χ3n) is 3.39. The first-order valence-corrected chi connectivity index (χ1v) is 7.93. The van der Waals surface area contributed by atoms with E-state index in [1.165, 1.54) is 38.2 Å². The Hall–Kier alpha value is -0.900. The van der Waals surface area contributed by atoms with Gasteiger partial charge in [0, 0.05) is 6.54 Å². The van der Waals surface area contributed by atoms with Crippen molar-refractivity contribution < 1.29 is 13.2 Å². The molecule has 0 aliphatic heterocycles. The second-order valence-corrected chi connectivity index (χ2v) is 5.65. The molecule has 0 unspecified atom stereocenters. The normalized spacial score (nSPS) is 11.7.